The highest BCUT2D eigenvalue weighted by molar-refractivity contribution is 6.18. The van der Waals surface area contributed by atoms with Crippen molar-refractivity contribution in [2.45, 2.75) is 41.0 Å². The van der Waals surface area contributed by atoms with Crippen LogP contribution in [0.4, 0.5) is 17.1 Å². The Hall–Kier alpha value is -2.86. The molecule has 0 aromatic heterocycles. The molecule has 0 heterocycles. The molecule has 158 valence electrons. The molecule has 0 saturated heterocycles. The zero-order valence-electron chi connectivity index (χ0n) is 19.2. The van der Waals surface area contributed by atoms with Crippen LogP contribution in [-0.2, 0) is 6.42 Å². The fourth-order valence-corrected chi connectivity index (χ4v) is 3.08. The summed E-state index contributed by atoms with van der Waals surface area (Å²) in [4.78, 5) is 0. The van der Waals surface area contributed by atoms with Gasteiger partial charge in [0.1, 0.15) is 11.4 Å². The van der Waals surface area contributed by atoms with Crippen LogP contribution in [0.5, 0.6) is 5.75 Å². The Morgan fingerprint density at radius 1 is 0.967 bits per heavy atom. The van der Waals surface area contributed by atoms with Crippen LogP contribution in [0.1, 0.15) is 37.5 Å². The van der Waals surface area contributed by atoms with Gasteiger partial charge in [-0.2, -0.15) is 5.11 Å². The molecule has 3 aromatic carbocycles. The highest BCUT2D eigenvalue weighted by Gasteiger charge is 2.15. The lowest BCUT2D eigenvalue weighted by molar-refractivity contribution is 0.475. The predicted molar refractivity (Wildman–Crippen MR) is 131 cm³/mol. The molecule has 3 rings (SSSR count). The molecule has 0 saturated carbocycles. The number of fused-ring (bicyclic) bond motifs is 1. The number of nitrogens with one attached hydrogen (secondary N) is 2. The molecule has 0 bridgehead atoms. The number of anilines is 1. The minimum atomic E-state index is 0.244. The van der Waals surface area contributed by atoms with Crippen LogP contribution in [0.3, 0.4) is 0 Å². The summed E-state index contributed by atoms with van der Waals surface area (Å²) in [6.07, 6.45) is 0.738. The molecule has 0 aliphatic carbocycles. The highest BCUT2D eigenvalue weighted by atomic mass is 16.3. The van der Waals surface area contributed by atoms with Crippen molar-refractivity contribution in [2.24, 2.45) is 10.2 Å². The van der Waals surface area contributed by atoms with Crippen molar-refractivity contribution < 1.29 is 5.11 Å². The van der Waals surface area contributed by atoms with Gasteiger partial charge in [-0.05, 0) is 68.6 Å². The molecular formula is C24H33BN4O. The average molecular weight is 404 g/mol. The van der Waals surface area contributed by atoms with Crippen molar-refractivity contribution in [1.29, 1.82) is 0 Å². The Morgan fingerprint density at radius 2 is 1.60 bits per heavy atom. The van der Waals surface area contributed by atoms with Gasteiger partial charge in [0, 0.05) is 5.69 Å². The summed E-state index contributed by atoms with van der Waals surface area (Å²) < 4.78 is 0. The number of benzene rings is 3. The highest BCUT2D eigenvalue weighted by Crippen LogP contribution is 2.43. The van der Waals surface area contributed by atoms with Crippen LogP contribution < -0.4 is 10.5 Å². The van der Waals surface area contributed by atoms with Crippen LogP contribution in [0.25, 0.3) is 10.8 Å². The molecule has 5 nitrogen and oxygen atoms in total. The molecule has 0 fully saturated rings. The van der Waals surface area contributed by atoms with Crippen LogP contribution >= 0.6 is 0 Å². The Morgan fingerprint density at radius 3 is 2.17 bits per heavy atom. The minimum absolute atomic E-state index is 0.244. The second-order valence-corrected chi connectivity index (χ2v) is 6.56. The SMILES string of the molecule is CC.CNC.[B]Nc1ccc2cc(C)c(CC)c(O)c2c1N=Nc1ccccc1C. The van der Waals surface area contributed by atoms with Gasteiger partial charge in [-0.25, -0.2) is 0 Å². The Bertz CT molecular complexity index is 987. The number of azo groups is 1. The van der Waals surface area contributed by atoms with E-state index in [-0.39, 0.29) is 5.75 Å². The number of phenolic OH excluding ortho intramolecular Hbond substituents is 1. The summed E-state index contributed by atoms with van der Waals surface area (Å²) in [6, 6.07) is 13.6. The topological polar surface area (TPSA) is 69.0 Å². The van der Waals surface area contributed by atoms with Crippen LogP contribution in [0, 0.1) is 13.8 Å². The van der Waals surface area contributed by atoms with Gasteiger partial charge < -0.3 is 15.7 Å². The van der Waals surface area contributed by atoms with Crippen molar-refractivity contribution in [3.8, 4) is 5.75 Å². The first-order valence-electron chi connectivity index (χ1n) is 10.3. The second kappa shape index (κ2) is 12.7. The van der Waals surface area contributed by atoms with E-state index in [2.05, 4.69) is 26.8 Å². The van der Waals surface area contributed by atoms with E-state index in [1.54, 1.807) is 0 Å². The first-order valence-corrected chi connectivity index (χ1v) is 10.3. The van der Waals surface area contributed by atoms with Gasteiger partial charge in [0.05, 0.1) is 11.1 Å². The summed E-state index contributed by atoms with van der Waals surface area (Å²) in [5.74, 6) is 0.244. The smallest absolute Gasteiger partial charge is 0.222 e. The van der Waals surface area contributed by atoms with Gasteiger partial charge in [-0.15, -0.1) is 5.11 Å². The Balaban J connectivity index is 0.000000826. The third-order valence-electron chi connectivity index (χ3n) is 4.46. The third-order valence-corrected chi connectivity index (χ3v) is 4.46. The Kier molecular flexibility index (Phi) is 10.6. The van der Waals surface area contributed by atoms with Crippen molar-refractivity contribution in [2.75, 3.05) is 19.3 Å². The summed E-state index contributed by atoms with van der Waals surface area (Å²) >= 11 is 0. The minimum Gasteiger partial charge on any atom is -0.507 e. The van der Waals surface area contributed by atoms with E-state index in [4.69, 9.17) is 7.98 Å². The zero-order chi connectivity index (χ0) is 22.7. The monoisotopic (exact) mass is 404 g/mol. The van der Waals surface area contributed by atoms with Gasteiger partial charge in [-0.1, -0.05) is 51.1 Å². The summed E-state index contributed by atoms with van der Waals surface area (Å²) in [7, 11) is 9.41. The van der Waals surface area contributed by atoms with E-state index in [1.807, 2.05) is 85.1 Å². The third kappa shape index (κ3) is 5.83. The lowest BCUT2D eigenvalue weighted by Crippen LogP contribution is -1.94. The van der Waals surface area contributed by atoms with Gasteiger partial charge in [0.2, 0.25) is 7.98 Å². The quantitative estimate of drug-likeness (QED) is 0.344. The van der Waals surface area contributed by atoms with E-state index >= 15 is 0 Å². The zero-order valence-corrected chi connectivity index (χ0v) is 19.2. The van der Waals surface area contributed by atoms with Crippen molar-refractivity contribution in [1.82, 2.24) is 5.32 Å². The van der Waals surface area contributed by atoms with Crippen LogP contribution in [-0.4, -0.2) is 27.2 Å². The maximum absolute atomic E-state index is 10.8. The molecule has 0 amide bonds. The van der Waals surface area contributed by atoms with Gasteiger partial charge >= 0.3 is 0 Å². The number of aromatic hydroxyl groups is 1. The van der Waals surface area contributed by atoms with Crippen molar-refractivity contribution in [3.63, 3.8) is 0 Å². The Labute approximate surface area is 182 Å². The first-order chi connectivity index (χ1) is 14.5. The van der Waals surface area contributed by atoms with E-state index in [1.165, 1.54) is 0 Å². The number of hydrogen-bond acceptors (Lipinski definition) is 5. The normalized spacial score (nSPS) is 10.2. The van der Waals surface area contributed by atoms with Gasteiger partial charge in [0.15, 0.2) is 0 Å². The molecule has 0 aliphatic heterocycles. The molecule has 0 aliphatic rings. The molecular weight excluding hydrogens is 371 g/mol. The van der Waals surface area contributed by atoms with Crippen molar-refractivity contribution in [3.05, 3.63) is 59.2 Å². The van der Waals surface area contributed by atoms with E-state index in [9.17, 15) is 5.11 Å². The fraction of sp³-hybridized carbons (Fsp3) is 0.333. The average Bonchev–Trinajstić information content (AvgIpc) is 2.75. The molecule has 0 spiro atoms. The molecule has 0 unspecified atom stereocenters. The van der Waals surface area contributed by atoms with E-state index < -0.39 is 0 Å². The maximum atomic E-state index is 10.8. The summed E-state index contributed by atoms with van der Waals surface area (Å²) in [5.41, 5.74) is 4.94. The standard InChI is InChI=1S/C20H20BN3O.C2H7N.C2H6/c1-4-15-13(3)11-14-9-10-17(22-21)19(18(14)20(15)25)24-23-16-8-6-5-7-12(16)2;1-3-2;1-2/h5-11,22,25H,4H2,1-3H3;3H,1-2H3;1-2H3. The number of nitrogens with zero attached hydrogens (tertiary/aromatic N) is 2. The first kappa shape index (κ1) is 25.2. The molecule has 6 heteroatoms. The molecule has 3 aromatic rings. The van der Waals surface area contributed by atoms with Gasteiger partial charge in [-0.3, -0.25) is 0 Å². The van der Waals surface area contributed by atoms with Gasteiger partial charge in [0.25, 0.3) is 0 Å². The number of rotatable bonds is 4. The number of hydrogen-bond donors (Lipinski definition) is 3. The van der Waals surface area contributed by atoms with E-state index in [0.29, 0.717) is 16.8 Å². The van der Waals surface area contributed by atoms with Crippen LogP contribution in [0.15, 0.2) is 52.7 Å². The maximum Gasteiger partial charge on any atom is 0.222 e. The lowest BCUT2D eigenvalue weighted by Gasteiger charge is -2.14. The van der Waals surface area contributed by atoms with E-state index in [0.717, 1.165) is 34.2 Å². The fourth-order valence-electron chi connectivity index (χ4n) is 3.08. The summed E-state index contributed by atoms with van der Waals surface area (Å²) in [5, 5.41) is 26.6. The summed E-state index contributed by atoms with van der Waals surface area (Å²) in [6.45, 7) is 10.0. The molecule has 2 radical (unpaired) electrons. The lowest BCUT2D eigenvalue weighted by atomic mass is 9.96. The number of aryl methyl sites for hydroxylation is 2. The predicted octanol–water partition coefficient (Wildman–Crippen LogP) is 6.50. The largest absolute Gasteiger partial charge is 0.507 e. The van der Waals surface area contributed by atoms with Crippen LogP contribution in [0.2, 0.25) is 0 Å². The van der Waals surface area contributed by atoms with Crippen molar-refractivity contribution >= 4 is 35.8 Å². The molecule has 3 N–H and O–H groups in total. The molecule has 30 heavy (non-hydrogen) atoms. The number of phenols is 1. The second-order valence-electron chi connectivity index (χ2n) is 6.56. The molecule has 0 atom stereocenters.